The zero-order chi connectivity index (χ0) is 12.7. The predicted molar refractivity (Wildman–Crippen MR) is 72.4 cm³/mol. The number of hydrogen-bond donors (Lipinski definition) is 1. The van der Waals surface area contributed by atoms with Crippen molar-refractivity contribution in [3.8, 4) is 5.75 Å². The number of fused-ring (bicyclic) bond motifs is 3. The number of nitrogens with zero attached hydrogens (tertiary/aromatic N) is 3. The summed E-state index contributed by atoms with van der Waals surface area (Å²) in [6.45, 7) is 2.89. The van der Waals surface area contributed by atoms with Gasteiger partial charge in [0, 0.05) is 11.9 Å². The highest BCUT2D eigenvalue weighted by Crippen LogP contribution is 2.28. The topological polar surface area (TPSA) is 55.7 Å². The average Bonchev–Trinajstić information content (AvgIpc) is 2.70. The Morgan fingerprint density at radius 3 is 3.00 bits per heavy atom. The number of benzene rings is 1. The van der Waals surface area contributed by atoms with Crippen LogP contribution >= 0.6 is 12.2 Å². The standard InChI is InChI=1S/C12H12N4OS/c1-3-16-9-5-4-7(17-2)6-8(9)10-11(16)13-12(18)15-14-10/h4-6H,3H2,1-2H3,(H,13,15,18). The Morgan fingerprint density at radius 1 is 1.44 bits per heavy atom. The van der Waals surface area contributed by atoms with Gasteiger partial charge in [0.05, 0.1) is 12.6 Å². The van der Waals surface area contributed by atoms with Gasteiger partial charge in [0.25, 0.3) is 0 Å². The molecule has 0 aliphatic rings. The van der Waals surface area contributed by atoms with Crippen molar-refractivity contribution in [2.75, 3.05) is 7.11 Å². The molecular weight excluding hydrogens is 248 g/mol. The number of hydrogen-bond acceptors (Lipinski definition) is 4. The molecule has 0 spiro atoms. The lowest BCUT2D eigenvalue weighted by Crippen LogP contribution is -1.96. The molecule has 18 heavy (non-hydrogen) atoms. The number of H-pyrrole nitrogens is 1. The Labute approximate surface area is 108 Å². The molecule has 0 radical (unpaired) electrons. The minimum Gasteiger partial charge on any atom is -0.497 e. The first-order chi connectivity index (χ1) is 8.74. The van der Waals surface area contributed by atoms with E-state index in [1.54, 1.807) is 7.11 Å². The van der Waals surface area contributed by atoms with Gasteiger partial charge < -0.3 is 9.30 Å². The normalized spacial score (nSPS) is 11.2. The van der Waals surface area contributed by atoms with Crippen molar-refractivity contribution in [2.45, 2.75) is 13.5 Å². The van der Waals surface area contributed by atoms with Crippen LogP contribution in [0.15, 0.2) is 18.2 Å². The highest BCUT2D eigenvalue weighted by Gasteiger charge is 2.12. The number of nitrogens with one attached hydrogen (secondary N) is 1. The van der Waals surface area contributed by atoms with Gasteiger partial charge in [0.1, 0.15) is 11.3 Å². The van der Waals surface area contributed by atoms with Gasteiger partial charge in [-0.3, -0.25) is 5.10 Å². The maximum atomic E-state index is 5.25. The number of ether oxygens (including phenoxy) is 1. The number of aromatic nitrogens is 4. The van der Waals surface area contributed by atoms with Gasteiger partial charge in [-0.2, -0.15) is 10.1 Å². The highest BCUT2D eigenvalue weighted by molar-refractivity contribution is 7.71. The maximum absolute atomic E-state index is 5.25. The van der Waals surface area contributed by atoms with Crippen LogP contribution < -0.4 is 4.74 Å². The van der Waals surface area contributed by atoms with E-state index in [4.69, 9.17) is 17.0 Å². The SMILES string of the molecule is CCn1c2ccc(OC)cc2c2n[nH]c(=S)nc21. The largest absolute Gasteiger partial charge is 0.497 e. The lowest BCUT2D eigenvalue weighted by molar-refractivity contribution is 0.415. The second kappa shape index (κ2) is 4.06. The number of aromatic amines is 1. The Balaban J connectivity index is 2.52. The van der Waals surface area contributed by atoms with E-state index < -0.39 is 0 Å². The number of methoxy groups -OCH3 is 1. The van der Waals surface area contributed by atoms with Crippen LogP contribution in [0.4, 0.5) is 0 Å². The van der Waals surface area contributed by atoms with Crippen LogP contribution in [0.2, 0.25) is 0 Å². The zero-order valence-electron chi connectivity index (χ0n) is 10.1. The molecule has 0 fully saturated rings. The van der Waals surface area contributed by atoms with Crippen LogP contribution in [-0.4, -0.2) is 26.9 Å². The van der Waals surface area contributed by atoms with Crippen molar-refractivity contribution in [3.63, 3.8) is 0 Å². The van der Waals surface area contributed by atoms with Crippen molar-refractivity contribution in [1.29, 1.82) is 0 Å². The third-order valence-electron chi connectivity index (χ3n) is 3.00. The molecular formula is C12H12N4OS. The van der Waals surface area contributed by atoms with Crippen molar-refractivity contribution in [3.05, 3.63) is 23.0 Å². The molecule has 3 rings (SSSR count). The van der Waals surface area contributed by atoms with E-state index in [0.717, 1.165) is 34.4 Å². The third kappa shape index (κ3) is 1.49. The van der Waals surface area contributed by atoms with Crippen molar-refractivity contribution in [2.24, 2.45) is 0 Å². The van der Waals surface area contributed by atoms with Crippen molar-refractivity contribution in [1.82, 2.24) is 19.7 Å². The van der Waals surface area contributed by atoms with Crippen molar-refractivity contribution >= 4 is 34.3 Å². The first kappa shape index (κ1) is 11.2. The fraction of sp³-hybridized carbons (Fsp3) is 0.250. The minimum atomic E-state index is 0.395. The second-order valence-corrected chi connectivity index (χ2v) is 4.33. The molecule has 1 N–H and O–H groups in total. The molecule has 0 aliphatic heterocycles. The van der Waals surface area contributed by atoms with Gasteiger partial charge in [-0.15, -0.1) is 0 Å². The number of aryl methyl sites for hydroxylation is 1. The molecule has 0 atom stereocenters. The quantitative estimate of drug-likeness (QED) is 0.720. The van der Waals surface area contributed by atoms with E-state index in [-0.39, 0.29) is 0 Å². The van der Waals surface area contributed by atoms with Gasteiger partial charge in [0.2, 0.25) is 4.77 Å². The summed E-state index contributed by atoms with van der Waals surface area (Å²) in [5.41, 5.74) is 2.71. The highest BCUT2D eigenvalue weighted by atomic mass is 32.1. The predicted octanol–water partition coefficient (Wildman–Crippen LogP) is 2.67. The monoisotopic (exact) mass is 260 g/mol. The molecule has 0 amide bonds. The third-order valence-corrected chi connectivity index (χ3v) is 3.19. The summed E-state index contributed by atoms with van der Waals surface area (Å²) in [5.74, 6) is 0.807. The fourth-order valence-electron chi connectivity index (χ4n) is 2.20. The summed E-state index contributed by atoms with van der Waals surface area (Å²) in [6, 6.07) is 5.92. The van der Waals surface area contributed by atoms with Crippen LogP contribution in [0.3, 0.4) is 0 Å². The van der Waals surface area contributed by atoms with E-state index in [1.165, 1.54) is 0 Å². The molecule has 0 saturated carbocycles. The Morgan fingerprint density at radius 2 is 2.28 bits per heavy atom. The summed E-state index contributed by atoms with van der Waals surface area (Å²) in [6.07, 6.45) is 0. The van der Waals surface area contributed by atoms with Gasteiger partial charge >= 0.3 is 0 Å². The second-order valence-electron chi connectivity index (χ2n) is 3.94. The molecule has 3 aromatic rings. The van der Waals surface area contributed by atoms with E-state index in [1.807, 2.05) is 18.2 Å². The average molecular weight is 260 g/mol. The molecule has 0 unspecified atom stereocenters. The smallest absolute Gasteiger partial charge is 0.215 e. The van der Waals surface area contributed by atoms with Gasteiger partial charge in [-0.1, -0.05) is 0 Å². The van der Waals surface area contributed by atoms with Crippen molar-refractivity contribution < 1.29 is 4.74 Å². The summed E-state index contributed by atoms with van der Waals surface area (Å²) in [4.78, 5) is 4.36. The molecule has 2 heterocycles. The molecule has 6 heteroatoms. The molecule has 5 nitrogen and oxygen atoms in total. The molecule has 92 valence electrons. The Hall–Kier alpha value is -1.95. The maximum Gasteiger partial charge on any atom is 0.215 e. The fourth-order valence-corrected chi connectivity index (χ4v) is 2.33. The summed E-state index contributed by atoms with van der Waals surface area (Å²) >= 11 is 5.03. The van der Waals surface area contributed by atoms with E-state index in [9.17, 15) is 0 Å². The summed E-state index contributed by atoms with van der Waals surface area (Å²) in [5, 5.41) is 8.04. The lowest BCUT2D eigenvalue weighted by atomic mass is 10.2. The summed E-state index contributed by atoms with van der Waals surface area (Å²) < 4.78 is 7.74. The van der Waals surface area contributed by atoms with Crippen LogP contribution in [0.25, 0.3) is 22.1 Å². The van der Waals surface area contributed by atoms with E-state index in [2.05, 4.69) is 26.7 Å². The van der Waals surface area contributed by atoms with Gasteiger partial charge in [0.15, 0.2) is 5.65 Å². The lowest BCUT2D eigenvalue weighted by Gasteiger charge is -2.02. The van der Waals surface area contributed by atoms with E-state index in [0.29, 0.717) is 4.77 Å². The summed E-state index contributed by atoms with van der Waals surface area (Å²) in [7, 11) is 1.65. The van der Waals surface area contributed by atoms with Crippen LogP contribution in [0.5, 0.6) is 5.75 Å². The number of rotatable bonds is 2. The van der Waals surface area contributed by atoms with Crippen LogP contribution in [0.1, 0.15) is 6.92 Å². The van der Waals surface area contributed by atoms with Gasteiger partial charge in [-0.05, 0) is 37.3 Å². The zero-order valence-corrected chi connectivity index (χ0v) is 10.9. The van der Waals surface area contributed by atoms with E-state index >= 15 is 0 Å². The molecule has 0 bridgehead atoms. The first-order valence-electron chi connectivity index (χ1n) is 5.67. The van der Waals surface area contributed by atoms with Crippen LogP contribution in [-0.2, 0) is 6.54 Å². The van der Waals surface area contributed by atoms with Crippen LogP contribution in [0, 0.1) is 4.77 Å². The molecule has 0 saturated heterocycles. The molecule has 1 aromatic carbocycles. The first-order valence-corrected chi connectivity index (χ1v) is 6.08. The Bertz CT molecular complexity index is 790. The molecule has 0 aliphatic carbocycles. The Kier molecular flexibility index (Phi) is 2.52. The molecule has 2 aromatic heterocycles. The van der Waals surface area contributed by atoms with Gasteiger partial charge in [-0.25, -0.2) is 0 Å². The minimum absolute atomic E-state index is 0.395.